The van der Waals surface area contributed by atoms with Crippen molar-refractivity contribution in [1.82, 2.24) is 9.13 Å². The molecule has 3 aromatic rings. The van der Waals surface area contributed by atoms with Crippen LogP contribution in [-0.4, -0.2) is 42.0 Å². The van der Waals surface area contributed by atoms with E-state index in [4.69, 9.17) is 25.8 Å². The maximum atomic E-state index is 13.4. The molecule has 9 nitrogen and oxygen atoms in total. The maximum absolute atomic E-state index is 13.4. The lowest BCUT2D eigenvalue weighted by Gasteiger charge is -2.18. The number of carbonyl (C=O) groups is 1. The topological polar surface area (TPSA) is 101 Å². The van der Waals surface area contributed by atoms with Crippen molar-refractivity contribution in [3.05, 3.63) is 62.3 Å². The molecule has 0 spiro atoms. The van der Waals surface area contributed by atoms with Crippen LogP contribution in [0, 0.1) is 0 Å². The van der Waals surface area contributed by atoms with E-state index in [9.17, 15) is 14.4 Å². The first kappa shape index (κ1) is 22.9. The van der Waals surface area contributed by atoms with E-state index in [1.807, 2.05) is 0 Å². The largest absolute Gasteiger partial charge is 0.493 e. The van der Waals surface area contributed by atoms with Crippen LogP contribution in [0.1, 0.15) is 12.8 Å². The molecule has 1 atom stereocenters. The van der Waals surface area contributed by atoms with Crippen molar-refractivity contribution in [2.45, 2.75) is 32.0 Å². The molecule has 4 rings (SSSR count). The number of carbonyl (C=O) groups excluding carboxylic acids is 1. The van der Waals surface area contributed by atoms with Gasteiger partial charge in [-0.15, -0.1) is 0 Å². The lowest BCUT2D eigenvalue weighted by molar-refractivity contribution is -0.116. The Labute approximate surface area is 194 Å². The Morgan fingerprint density at radius 1 is 1.15 bits per heavy atom. The molecule has 2 aromatic carbocycles. The van der Waals surface area contributed by atoms with Crippen LogP contribution in [0.5, 0.6) is 11.5 Å². The second kappa shape index (κ2) is 9.68. The fraction of sp³-hybridized carbons (Fsp3) is 0.348. The highest BCUT2D eigenvalue weighted by molar-refractivity contribution is 6.30. The van der Waals surface area contributed by atoms with Crippen molar-refractivity contribution in [3.8, 4) is 11.5 Å². The van der Waals surface area contributed by atoms with Gasteiger partial charge in [-0.3, -0.25) is 18.7 Å². The van der Waals surface area contributed by atoms with Crippen LogP contribution < -0.4 is 26.0 Å². The van der Waals surface area contributed by atoms with Gasteiger partial charge in [-0.25, -0.2) is 4.79 Å². The van der Waals surface area contributed by atoms with Crippen molar-refractivity contribution in [2.75, 3.05) is 26.1 Å². The van der Waals surface area contributed by atoms with Gasteiger partial charge in [0.25, 0.3) is 5.56 Å². The average Bonchev–Trinajstić information content (AvgIpc) is 3.32. The number of hydrogen-bond acceptors (Lipinski definition) is 6. The predicted molar refractivity (Wildman–Crippen MR) is 125 cm³/mol. The number of benzene rings is 2. The van der Waals surface area contributed by atoms with Crippen LogP contribution in [0.4, 0.5) is 5.69 Å². The van der Waals surface area contributed by atoms with E-state index in [2.05, 4.69) is 5.32 Å². The number of rotatable bonds is 7. The number of amides is 1. The lowest BCUT2D eigenvalue weighted by Crippen LogP contribution is -2.43. The second-order valence-electron chi connectivity index (χ2n) is 7.70. The number of anilines is 1. The summed E-state index contributed by atoms with van der Waals surface area (Å²) in [5, 5.41) is 3.44. The summed E-state index contributed by atoms with van der Waals surface area (Å²) < 4.78 is 18.7. The summed E-state index contributed by atoms with van der Waals surface area (Å²) in [6.45, 7) is 0.384. The smallest absolute Gasteiger partial charge is 0.332 e. The predicted octanol–water partition coefficient (Wildman–Crippen LogP) is 2.65. The van der Waals surface area contributed by atoms with Gasteiger partial charge >= 0.3 is 5.69 Å². The number of halogens is 1. The number of nitrogens with zero attached hydrogens (tertiary/aromatic N) is 2. The summed E-state index contributed by atoms with van der Waals surface area (Å²) in [6.07, 6.45) is 1.39. The molecule has 1 N–H and O–H groups in total. The summed E-state index contributed by atoms with van der Waals surface area (Å²) >= 11 is 5.99. The first-order chi connectivity index (χ1) is 15.9. The van der Waals surface area contributed by atoms with Gasteiger partial charge in [-0.2, -0.15) is 0 Å². The minimum absolute atomic E-state index is 0.109. The van der Waals surface area contributed by atoms with E-state index in [-0.39, 0.29) is 30.1 Å². The van der Waals surface area contributed by atoms with E-state index in [1.54, 1.807) is 24.3 Å². The first-order valence-corrected chi connectivity index (χ1v) is 10.9. The minimum Gasteiger partial charge on any atom is -0.493 e. The monoisotopic (exact) mass is 473 g/mol. The molecule has 1 fully saturated rings. The molecule has 1 aromatic heterocycles. The molecule has 0 bridgehead atoms. The molecule has 1 aliphatic rings. The molecule has 10 heteroatoms. The van der Waals surface area contributed by atoms with Crippen LogP contribution >= 0.6 is 11.6 Å². The van der Waals surface area contributed by atoms with E-state index in [0.717, 1.165) is 17.4 Å². The Morgan fingerprint density at radius 3 is 2.58 bits per heavy atom. The lowest BCUT2D eigenvalue weighted by atomic mass is 10.2. The molecule has 0 aliphatic carbocycles. The number of nitrogens with one attached hydrogen (secondary N) is 1. The van der Waals surface area contributed by atoms with Gasteiger partial charge in [-0.05, 0) is 37.1 Å². The van der Waals surface area contributed by atoms with Gasteiger partial charge in [0.2, 0.25) is 5.91 Å². The van der Waals surface area contributed by atoms with Crippen molar-refractivity contribution < 1.29 is 19.0 Å². The van der Waals surface area contributed by atoms with Gasteiger partial charge in [0.15, 0.2) is 11.5 Å². The van der Waals surface area contributed by atoms with E-state index < -0.39 is 17.2 Å². The minimum atomic E-state index is -0.600. The highest BCUT2D eigenvalue weighted by Crippen LogP contribution is 2.30. The number of hydrogen-bond donors (Lipinski definition) is 1. The normalized spacial score (nSPS) is 15.5. The summed E-state index contributed by atoms with van der Waals surface area (Å²) in [5.41, 5.74) is -0.307. The molecule has 2 heterocycles. The van der Waals surface area contributed by atoms with Gasteiger partial charge in [0.1, 0.15) is 6.54 Å². The molecule has 0 saturated carbocycles. The zero-order valence-electron chi connectivity index (χ0n) is 18.3. The zero-order chi connectivity index (χ0) is 23.5. The first-order valence-electron chi connectivity index (χ1n) is 10.5. The Bertz CT molecular complexity index is 1310. The van der Waals surface area contributed by atoms with Crippen molar-refractivity contribution in [1.29, 1.82) is 0 Å². The highest BCUT2D eigenvalue weighted by Gasteiger charge is 2.23. The van der Waals surface area contributed by atoms with Crippen LogP contribution in [0.3, 0.4) is 0 Å². The Morgan fingerprint density at radius 2 is 1.91 bits per heavy atom. The Balaban J connectivity index is 1.81. The van der Waals surface area contributed by atoms with Gasteiger partial charge < -0.3 is 19.5 Å². The molecule has 33 heavy (non-hydrogen) atoms. The molecule has 1 saturated heterocycles. The van der Waals surface area contributed by atoms with Gasteiger partial charge in [0, 0.05) is 23.4 Å². The summed E-state index contributed by atoms with van der Waals surface area (Å²) in [6, 6.07) is 9.74. The van der Waals surface area contributed by atoms with Crippen molar-refractivity contribution in [2.24, 2.45) is 0 Å². The number of ether oxygens (including phenoxy) is 3. The summed E-state index contributed by atoms with van der Waals surface area (Å²) in [7, 11) is 2.92. The molecular weight excluding hydrogens is 450 g/mol. The van der Waals surface area contributed by atoms with Gasteiger partial charge in [-0.1, -0.05) is 17.7 Å². The fourth-order valence-corrected chi connectivity index (χ4v) is 4.15. The molecule has 1 aliphatic heterocycles. The molecular formula is C23H24ClN3O6. The third kappa shape index (κ3) is 4.74. The maximum Gasteiger partial charge on any atom is 0.332 e. The Hall–Kier alpha value is -3.30. The molecule has 1 amide bonds. The Kier molecular flexibility index (Phi) is 6.71. The van der Waals surface area contributed by atoms with E-state index in [1.165, 1.54) is 30.9 Å². The number of fused-ring (bicyclic) bond motifs is 1. The van der Waals surface area contributed by atoms with Crippen molar-refractivity contribution in [3.63, 3.8) is 0 Å². The van der Waals surface area contributed by atoms with E-state index in [0.29, 0.717) is 28.8 Å². The average molecular weight is 474 g/mol. The number of aromatic nitrogens is 2. The third-order valence-corrected chi connectivity index (χ3v) is 5.79. The zero-order valence-corrected chi connectivity index (χ0v) is 19.1. The van der Waals surface area contributed by atoms with Crippen molar-refractivity contribution >= 4 is 34.1 Å². The standard InChI is InChI=1S/C23H24ClN3O6/c1-31-19-10-17-18(11-20(19)32-2)26(13-21(28)25-15-6-3-5-14(24)9-15)23(30)27(22(17)29)12-16-7-4-8-33-16/h3,5-6,9-11,16H,4,7-8,12-13H2,1-2H3,(H,25,28)/t16-/m1/s1. The quantitative estimate of drug-likeness (QED) is 0.566. The van der Waals surface area contributed by atoms with Crippen LogP contribution in [0.25, 0.3) is 10.9 Å². The third-order valence-electron chi connectivity index (χ3n) is 5.55. The highest BCUT2D eigenvalue weighted by atomic mass is 35.5. The van der Waals surface area contributed by atoms with Gasteiger partial charge in [0.05, 0.1) is 37.8 Å². The fourth-order valence-electron chi connectivity index (χ4n) is 3.96. The second-order valence-corrected chi connectivity index (χ2v) is 8.14. The van der Waals surface area contributed by atoms with E-state index >= 15 is 0 Å². The molecule has 0 unspecified atom stereocenters. The summed E-state index contributed by atoms with van der Waals surface area (Å²) in [5.74, 6) is 0.238. The van der Waals surface area contributed by atoms with Crippen LogP contribution in [0.15, 0.2) is 46.0 Å². The number of methoxy groups -OCH3 is 2. The molecule has 0 radical (unpaired) electrons. The molecule has 174 valence electrons. The van der Waals surface area contributed by atoms with Crippen LogP contribution in [-0.2, 0) is 22.6 Å². The SMILES string of the molecule is COc1cc2c(=O)n(C[C@H]3CCCO3)c(=O)n(CC(=O)Nc3cccc(Cl)c3)c2cc1OC. The summed E-state index contributed by atoms with van der Waals surface area (Å²) in [4.78, 5) is 39.5. The van der Waals surface area contributed by atoms with Crippen LogP contribution in [0.2, 0.25) is 5.02 Å².